The highest BCUT2D eigenvalue weighted by molar-refractivity contribution is 8.00. The second-order valence-electron chi connectivity index (χ2n) is 15.9. The molecule has 4 N–H and O–H groups in total. The molecule has 0 spiro atoms. The molecule has 3 amide bonds. The fourth-order valence-electron chi connectivity index (χ4n) is 7.84. The van der Waals surface area contributed by atoms with Gasteiger partial charge in [-0.25, -0.2) is 9.48 Å². The molecule has 0 bridgehead atoms. The molecule has 2 aliphatic heterocycles. The number of Topliss-reactive ketones (excluding diaryl/α,β-unsaturated/α-hetero) is 1. The first-order chi connectivity index (χ1) is 30.7. The van der Waals surface area contributed by atoms with E-state index in [1.165, 1.54) is 0 Å². The van der Waals surface area contributed by atoms with Crippen LogP contribution in [0.15, 0.2) is 59.7 Å². The number of ketones is 1. The second kappa shape index (κ2) is 27.4. The molecule has 2 saturated heterocycles. The van der Waals surface area contributed by atoms with Gasteiger partial charge in [0.05, 0.1) is 70.4 Å². The van der Waals surface area contributed by atoms with Crippen LogP contribution in [0.2, 0.25) is 10.0 Å². The number of nitrogens with zero attached hydrogens (tertiary/aromatic N) is 5. The lowest BCUT2D eigenvalue weighted by Gasteiger charge is -2.35. The molecule has 3 atom stereocenters. The molecule has 3 heterocycles. The zero-order valence-electron chi connectivity index (χ0n) is 35.7. The normalized spacial score (nSPS) is 20.5. The third-order valence-electron chi connectivity index (χ3n) is 11.2. The van der Waals surface area contributed by atoms with Gasteiger partial charge in [0.15, 0.2) is 6.61 Å². The Kier molecular flexibility index (Phi) is 21.8. The fourth-order valence-corrected chi connectivity index (χ4v) is 9.64. The maximum absolute atomic E-state index is 13.7. The summed E-state index contributed by atoms with van der Waals surface area (Å²) >= 11 is 13.9. The fraction of sp³-hybridized carbons (Fsp3) is 0.600. The summed E-state index contributed by atoms with van der Waals surface area (Å²) in [6, 6.07) is 14.4. The zero-order valence-corrected chi connectivity index (χ0v) is 38.0. The molecule has 3 aromatic rings. The van der Waals surface area contributed by atoms with Gasteiger partial charge in [-0.15, -0.1) is 5.10 Å². The molecule has 3 fully saturated rings. The first-order valence-electron chi connectivity index (χ1n) is 21.9. The molecule has 16 nitrogen and oxygen atoms in total. The second-order valence-corrected chi connectivity index (χ2v) is 18.1. The van der Waals surface area contributed by atoms with Crippen LogP contribution in [-0.4, -0.2) is 131 Å². The molecule has 6 rings (SSSR count). The highest BCUT2D eigenvalue weighted by Gasteiger charge is 2.42. The Morgan fingerprint density at radius 2 is 1.45 bits per heavy atom. The van der Waals surface area contributed by atoms with Crippen molar-refractivity contribution < 1.29 is 38.1 Å². The Morgan fingerprint density at radius 3 is 2.14 bits per heavy atom. The van der Waals surface area contributed by atoms with E-state index >= 15 is 0 Å². The summed E-state index contributed by atoms with van der Waals surface area (Å²) < 4.78 is 30.3. The summed E-state index contributed by atoms with van der Waals surface area (Å²) in [5, 5.41) is 16.3. The summed E-state index contributed by atoms with van der Waals surface area (Å²) in [6.07, 6.45) is 9.59. The lowest BCUT2D eigenvalue weighted by atomic mass is 9.90. The van der Waals surface area contributed by atoms with Crippen LogP contribution in [0.25, 0.3) is 0 Å². The molecular formula is C45H64Cl2N8O8S. The predicted molar refractivity (Wildman–Crippen MR) is 250 cm³/mol. The van der Waals surface area contributed by atoms with E-state index in [2.05, 4.69) is 20.9 Å². The zero-order chi connectivity index (χ0) is 44.2. The van der Waals surface area contributed by atoms with Gasteiger partial charge in [0.1, 0.15) is 35.4 Å². The lowest BCUT2D eigenvalue weighted by Crippen LogP contribution is -2.44. The van der Waals surface area contributed by atoms with Crippen molar-refractivity contribution in [1.29, 1.82) is 0 Å². The molecular weight excluding hydrogens is 884 g/mol. The number of nitrogens with one attached hydrogen (secondary N) is 2. The van der Waals surface area contributed by atoms with Crippen molar-refractivity contribution >= 4 is 58.5 Å². The molecule has 0 radical (unpaired) electrons. The number of aromatic nitrogens is 3. The maximum atomic E-state index is 13.7. The number of amidine groups is 1. The number of hydrogen-bond donors (Lipinski definition) is 3. The quantitative estimate of drug-likeness (QED) is 0.0310. The molecule has 19 heteroatoms. The number of nitrogens with two attached hydrogens (primary N) is 1. The van der Waals surface area contributed by atoms with Crippen LogP contribution < -0.4 is 25.8 Å². The van der Waals surface area contributed by atoms with E-state index in [1.54, 1.807) is 53.2 Å². The number of hydrogen-bond acceptors (Lipinski definition) is 12. The Hall–Kier alpha value is -4.13. The number of rotatable bonds is 28. The Bertz CT molecular complexity index is 1900. The monoisotopic (exact) mass is 946 g/mol. The highest BCUT2D eigenvalue weighted by Crippen LogP contribution is 2.33. The molecule has 3 aliphatic rings. The standard InChI is InChI=1S/C44H60Cl2N8O8S.CH4/c45-31-7-15-37(16-8-31)61-28-41(47)48-33-11-13-35(14-12-33)54(42(56)29-62-38-17-9-32(46)10-18-38)27-34-26-53(52-51-34)19-21-59-23-25-60-24-22-58-20-3-5-36(55)4-1-2-6-40-43-39(30-63-40)49-44(57)50-43;/h7-10,15-18,26,33,35,39-40,43H,1-6,11-14,19-25,27-30H2,(H2,47,48)(H2,49,50,57);1H4/t33?,35?,39?,40-,43?;/m0./s1. The number of carbonyl (C=O) groups excluding carboxylic acids is 3. The van der Waals surface area contributed by atoms with Crippen molar-refractivity contribution in [2.24, 2.45) is 10.7 Å². The molecule has 2 aromatic carbocycles. The van der Waals surface area contributed by atoms with Crippen molar-refractivity contribution in [3.63, 3.8) is 0 Å². The van der Waals surface area contributed by atoms with Crippen LogP contribution in [-0.2, 0) is 36.9 Å². The third-order valence-corrected chi connectivity index (χ3v) is 13.2. The summed E-state index contributed by atoms with van der Waals surface area (Å²) in [5.41, 5.74) is 6.89. The molecule has 352 valence electrons. The molecule has 64 heavy (non-hydrogen) atoms. The molecule has 2 unspecified atom stereocenters. The van der Waals surface area contributed by atoms with E-state index in [0.717, 1.165) is 50.7 Å². The number of amides is 3. The predicted octanol–water partition coefficient (Wildman–Crippen LogP) is 6.50. The third kappa shape index (κ3) is 17.3. The smallest absolute Gasteiger partial charge is 0.315 e. The van der Waals surface area contributed by atoms with Crippen molar-refractivity contribution in [2.75, 3.05) is 58.6 Å². The SMILES string of the molecule is C.NC(COc1ccc(Cl)cc1)=NC1CCC(N(Cc2cn(CCOCCOCCOCCCC(=O)CCCC[C@@H]3SCC4NC(=O)NC43)nn2)C(=O)COc2ccc(Cl)cc2)CC1. The van der Waals surface area contributed by atoms with Crippen LogP contribution in [0.5, 0.6) is 11.5 Å². The van der Waals surface area contributed by atoms with Crippen LogP contribution in [0.4, 0.5) is 4.79 Å². The average molecular weight is 948 g/mol. The molecule has 1 aliphatic carbocycles. The first kappa shape index (κ1) is 50.9. The summed E-state index contributed by atoms with van der Waals surface area (Å²) in [4.78, 5) is 44.1. The van der Waals surface area contributed by atoms with E-state index in [0.29, 0.717) is 104 Å². The van der Waals surface area contributed by atoms with Gasteiger partial charge in [-0.05, 0) is 93.5 Å². The number of thioether (sulfide) groups is 1. The van der Waals surface area contributed by atoms with Crippen molar-refractivity contribution in [3.8, 4) is 11.5 Å². The van der Waals surface area contributed by atoms with Gasteiger partial charge in [-0.1, -0.05) is 42.3 Å². The van der Waals surface area contributed by atoms with E-state index in [9.17, 15) is 14.4 Å². The van der Waals surface area contributed by atoms with Gasteiger partial charge in [0, 0.05) is 46.5 Å². The van der Waals surface area contributed by atoms with Crippen LogP contribution in [0.3, 0.4) is 0 Å². The van der Waals surface area contributed by atoms with Gasteiger partial charge in [0.2, 0.25) is 0 Å². The average Bonchev–Trinajstić information content (AvgIpc) is 4.00. The van der Waals surface area contributed by atoms with Crippen molar-refractivity contribution in [3.05, 3.63) is 70.5 Å². The van der Waals surface area contributed by atoms with E-state index in [-0.39, 0.29) is 69.1 Å². The molecule has 1 saturated carbocycles. The largest absolute Gasteiger partial charge is 0.486 e. The highest BCUT2D eigenvalue weighted by atomic mass is 35.5. The number of ether oxygens (including phenoxy) is 5. The number of unbranched alkanes of at least 4 members (excludes halogenated alkanes) is 1. The number of fused-ring (bicyclic) bond motifs is 1. The topological polar surface area (TPSA) is 194 Å². The molecule has 1 aromatic heterocycles. The van der Waals surface area contributed by atoms with Crippen molar-refractivity contribution in [1.82, 2.24) is 30.5 Å². The number of halogens is 2. The Balaban J connectivity index is 0.00000771. The van der Waals surface area contributed by atoms with Gasteiger partial charge in [-0.2, -0.15) is 11.8 Å². The summed E-state index contributed by atoms with van der Waals surface area (Å²) in [5.74, 6) is 2.73. The van der Waals surface area contributed by atoms with Crippen LogP contribution in [0, 0.1) is 0 Å². The number of carbonyl (C=O) groups is 3. The summed E-state index contributed by atoms with van der Waals surface area (Å²) in [6.45, 7) is 3.53. The first-order valence-corrected chi connectivity index (χ1v) is 23.7. The van der Waals surface area contributed by atoms with Crippen molar-refractivity contribution in [2.45, 2.75) is 114 Å². The van der Waals surface area contributed by atoms with E-state index < -0.39 is 0 Å². The van der Waals surface area contributed by atoms with Gasteiger partial charge >= 0.3 is 6.03 Å². The maximum Gasteiger partial charge on any atom is 0.315 e. The number of urea groups is 1. The Labute approximate surface area is 391 Å². The Morgan fingerprint density at radius 1 is 0.828 bits per heavy atom. The minimum atomic E-state index is -0.151. The number of benzene rings is 2. The lowest BCUT2D eigenvalue weighted by molar-refractivity contribution is -0.137. The van der Waals surface area contributed by atoms with Gasteiger partial charge < -0.3 is 45.0 Å². The van der Waals surface area contributed by atoms with E-state index in [4.69, 9.17) is 57.6 Å². The minimum absolute atomic E-state index is 0. The van der Waals surface area contributed by atoms with E-state index in [1.807, 2.05) is 22.9 Å². The van der Waals surface area contributed by atoms with Crippen LogP contribution >= 0.6 is 35.0 Å². The van der Waals surface area contributed by atoms with Gasteiger partial charge in [-0.3, -0.25) is 14.6 Å². The number of aliphatic imine (C=N–C) groups is 1. The van der Waals surface area contributed by atoms with Gasteiger partial charge in [0.25, 0.3) is 5.91 Å². The minimum Gasteiger partial charge on any atom is -0.486 e. The van der Waals surface area contributed by atoms with Crippen LogP contribution in [0.1, 0.15) is 77.3 Å². The summed E-state index contributed by atoms with van der Waals surface area (Å²) in [7, 11) is 0.